The van der Waals surface area contributed by atoms with Crippen LogP contribution in [0.1, 0.15) is 25.7 Å². The van der Waals surface area contributed by atoms with Gasteiger partial charge in [0.1, 0.15) is 0 Å². The molecule has 0 aliphatic rings. The van der Waals surface area contributed by atoms with Gasteiger partial charge in [0, 0.05) is 11.9 Å². The third-order valence-electron chi connectivity index (χ3n) is 1.01. The van der Waals surface area contributed by atoms with Gasteiger partial charge in [-0.1, -0.05) is 0 Å². The minimum absolute atomic E-state index is 0. The van der Waals surface area contributed by atoms with Crippen molar-refractivity contribution in [2.75, 3.05) is 0 Å². The summed E-state index contributed by atoms with van der Waals surface area (Å²) in [5, 5.41) is 41.0. The molecule has 0 saturated heterocycles. The lowest BCUT2D eigenvalue weighted by atomic mass is 10.2. The Kier molecular flexibility index (Phi) is 24.5. The normalized spacial score (nSPS) is 7.44. The van der Waals surface area contributed by atoms with Crippen LogP contribution in [0.25, 0.3) is 0 Å². The van der Waals surface area contributed by atoms with E-state index in [9.17, 15) is 19.8 Å². The molecule has 16 heavy (non-hydrogen) atoms. The van der Waals surface area contributed by atoms with Crippen molar-refractivity contribution in [3.63, 3.8) is 0 Å². The quantitative estimate of drug-likeness (QED) is 0.244. The highest BCUT2D eigenvalue weighted by Gasteiger charge is 1.92. The molecule has 0 aromatic rings. The Morgan fingerprint density at radius 2 is 1.06 bits per heavy atom. The summed E-state index contributed by atoms with van der Waals surface area (Å²) in [5.41, 5.74) is 0. The average molecular weight is 242 g/mol. The summed E-state index contributed by atoms with van der Waals surface area (Å²) in [7, 11) is -2.17. The van der Waals surface area contributed by atoms with Crippen molar-refractivity contribution >= 4 is 19.3 Å². The van der Waals surface area contributed by atoms with E-state index in [1.807, 2.05) is 0 Å². The number of carboxylic acids is 2. The van der Waals surface area contributed by atoms with E-state index in [0.29, 0.717) is 12.8 Å². The molecule has 0 unspecified atom stereocenters. The fourth-order valence-corrected chi connectivity index (χ4v) is 0.539. The van der Waals surface area contributed by atoms with Gasteiger partial charge in [-0.15, -0.1) is 0 Å². The van der Waals surface area contributed by atoms with Crippen molar-refractivity contribution in [2.45, 2.75) is 25.7 Å². The zero-order chi connectivity index (χ0) is 11.6. The number of quaternary nitrogens is 2. The summed E-state index contributed by atoms with van der Waals surface area (Å²) >= 11 is 0. The lowest BCUT2D eigenvalue weighted by Crippen LogP contribution is -2.23. The minimum atomic E-state index is -2.17. The highest BCUT2D eigenvalue weighted by atomic mass is 16.5. The third-order valence-corrected chi connectivity index (χ3v) is 1.01. The molecule has 10 heteroatoms. The second kappa shape index (κ2) is 16.2. The maximum absolute atomic E-state index is 9.77. The fourth-order valence-electron chi connectivity index (χ4n) is 0.539. The smallest absolute Gasteiger partial charge is 0.550 e. The summed E-state index contributed by atoms with van der Waals surface area (Å²) in [6.45, 7) is 0. The van der Waals surface area contributed by atoms with E-state index >= 15 is 0 Å². The Labute approximate surface area is 93.1 Å². The molecule has 0 spiro atoms. The van der Waals surface area contributed by atoms with Gasteiger partial charge in [0.2, 0.25) is 0 Å². The first-order valence-corrected chi connectivity index (χ1v) is 3.80. The van der Waals surface area contributed by atoms with Crippen LogP contribution in [0.3, 0.4) is 0 Å². The lowest BCUT2D eigenvalue weighted by Gasteiger charge is -2.01. The monoisotopic (exact) mass is 242 g/mol. The van der Waals surface area contributed by atoms with Gasteiger partial charge in [-0.2, -0.15) is 0 Å². The van der Waals surface area contributed by atoms with Crippen LogP contribution in [-0.4, -0.2) is 34.3 Å². The second-order valence-corrected chi connectivity index (χ2v) is 2.30. The maximum atomic E-state index is 9.77. The van der Waals surface area contributed by atoms with Crippen LogP contribution in [0, 0.1) is 0 Å². The van der Waals surface area contributed by atoms with Crippen molar-refractivity contribution in [3.05, 3.63) is 0 Å². The zero-order valence-electron chi connectivity index (χ0n) is 9.38. The molecule has 0 radical (unpaired) electrons. The Balaban J connectivity index is -0.000000105. The van der Waals surface area contributed by atoms with E-state index in [4.69, 9.17) is 15.1 Å². The van der Waals surface area contributed by atoms with E-state index in [0.717, 1.165) is 0 Å². The van der Waals surface area contributed by atoms with Crippen molar-refractivity contribution in [1.29, 1.82) is 0 Å². The van der Waals surface area contributed by atoms with E-state index in [-0.39, 0.29) is 25.1 Å². The number of rotatable bonds is 5. The molecule has 0 aliphatic heterocycles. The molecule has 9 nitrogen and oxygen atoms in total. The van der Waals surface area contributed by atoms with Crippen LogP contribution in [0.2, 0.25) is 0 Å². The molecular weight excluding hydrogens is 223 g/mol. The Morgan fingerprint density at radius 3 is 1.19 bits per heavy atom. The summed E-state index contributed by atoms with van der Waals surface area (Å²) in [4.78, 5) is 19.5. The number of aliphatic carboxylic acids is 2. The molecule has 0 rings (SSSR count). The van der Waals surface area contributed by atoms with E-state index in [1.54, 1.807) is 0 Å². The van der Waals surface area contributed by atoms with Crippen LogP contribution in [0.5, 0.6) is 0 Å². The molecular formula is C6H19BN2O7. The van der Waals surface area contributed by atoms with Crippen LogP contribution >= 0.6 is 0 Å². The van der Waals surface area contributed by atoms with Crippen molar-refractivity contribution in [1.82, 2.24) is 12.3 Å². The first-order chi connectivity index (χ1) is 6.36. The molecule has 0 aliphatic carbocycles. The highest BCUT2D eigenvalue weighted by Crippen LogP contribution is 1.96. The second-order valence-electron chi connectivity index (χ2n) is 2.30. The summed E-state index contributed by atoms with van der Waals surface area (Å²) in [6.07, 6.45) is 0.535. The topological polar surface area (TPSA) is 214 Å². The molecule has 0 aromatic heterocycles. The Morgan fingerprint density at radius 1 is 0.875 bits per heavy atom. The van der Waals surface area contributed by atoms with Crippen molar-refractivity contribution in [3.8, 4) is 0 Å². The largest absolute Gasteiger partial charge is 0.631 e. The van der Waals surface area contributed by atoms with E-state index in [2.05, 4.69) is 0 Å². The van der Waals surface area contributed by atoms with E-state index in [1.165, 1.54) is 0 Å². The molecule has 0 saturated carbocycles. The minimum Gasteiger partial charge on any atom is -0.550 e. The molecule has 0 bridgehead atoms. The summed E-state index contributed by atoms with van der Waals surface area (Å²) in [6, 6.07) is 0. The lowest BCUT2D eigenvalue weighted by molar-refractivity contribution is -0.308. The maximum Gasteiger partial charge on any atom is 0.631 e. The zero-order valence-corrected chi connectivity index (χ0v) is 9.38. The van der Waals surface area contributed by atoms with E-state index < -0.39 is 19.3 Å². The summed E-state index contributed by atoms with van der Waals surface area (Å²) in [5.74, 6) is -2.28. The van der Waals surface area contributed by atoms with Crippen LogP contribution in [0.4, 0.5) is 0 Å². The van der Waals surface area contributed by atoms with Gasteiger partial charge in [-0.05, 0) is 25.7 Å². The van der Waals surface area contributed by atoms with Gasteiger partial charge >= 0.3 is 7.32 Å². The average Bonchev–Trinajstić information content (AvgIpc) is 1.96. The molecule has 0 aromatic carbocycles. The molecule has 0 heterocycles. The SMILES string of the molecule is O=C([O-])CCCCC(=O)[O-].OB(O)O.[NH4+].[NH4+]. The number of unbranched alkanes of at least 4 members (excludes halogenated alkanes) is 1. The highest BCUT2D eigenvalue weighted by molar-refractivity contribution is 6.30. The molecule has 98 valence electrons. The van der Waals surface area contributed by atoms with Crippen LogP contribution in [-0.2, 0) is 9.59 Å². The standard InChI is InChI=1S/C6H10O4.BH3O3.2H3N/c7-5(8)3-1-2-4-6(9)10;2-1(3)4;;/h1-4H2,(H,7,8)(H,9,10);2-4H;2*1H3. The molecule has 0 atom stereocenters. The molecule has 0 amide bonds. The number of carbonyl (C=O) groups is 2. The van der Waals surface area contributed by atoms with Gasteiger partial charge in [0.15, 0.2) is 0 Å². The molecule has 11 N–H and O–H groups in total. The first-order valence-electron chi connectivity index (χ1n) is 3.80. The first kappa shape index (κ1) is 24.2. The fraction of sp³-hybridized carbons (Fsp3) is 0.667. The summed E-state index contributed by atoms with van der Waals surface area (Å²) < 4.78 is 0. The van der Waals surface area contributed by atoms with Crippen LogP contribution < -0.4 is 22.5 Å². The van der Waals surface area contributed by atoms with Gasteiger partial charge in [0.25, 0.3) is 0 Å². The third kappa shape index (κ3) is 53.0. The number of hydrogen-bond acceptors (Lipinski definition) is 7. The van der Waals surface area contributed by atoms with Gasteiger partial charge in [0.05, 0.1) is 0 Å². The number of carbonyl (C=O) groups excluding carboxylic acids is 2. The van der Waals surface area contributed by atoms with Gasteiger partial charge in [-0.3, -0.25) is 0 Å². The van der Waals surface area contributed by atoms with Gasteiger partial charge in [-0.25, -0.2) is 0 Å². The van der Waals surface area contributed by atoms with Gasteiger partial charge < -0.3 is 47.2 Å². The van der Waals surface area contributed by atoms with Crippen molar-refractivity contribution in [2.24, 2.45) is 0 Å². The Hall–Kier alpha value is -1.20. The molecule has 0 fully saturated rings. The number of hydrogen-bond donors (Lipinski definition) is 5. The predicted octanol–water partition coefficient (Wildman–Crippen LogP) is -3.25. The van der Waals surface area contributed by atoms with Crippen molar-refractivity contribution < 1.29 is 34.9 Å². The predicted molar refractivity (Wildman–Crippen MR) is 52.9 cm³/mol. The number of carboxylic acid groups (broad SMARTS) is 2. The Bertz CT molecular complexity index is 160. The van der Waals surface area contributed by atoms with Crippen LogP contribution in [0.15, 0.2) is 0 Å².